The second-order valence-corrected chi connectivity index (χ2v) is 10.0. The van der Waals surface area contributed by atoms with E-state index in [-0.39, 0.29) is 11.3 Å². The van der Waals surface area contributed by atoms with Gasteiger partial charge >= 0.3 is 0 Å². The van der Waals surface area contributed by atoms with Gasteiger partial charge in [-0.3, -0.25) is 9.59 Å². The van der Waals surface area contributed by atoms with Gasteiger partial charge in [0.05, 0.1) is 17.9 Å². The van der Waals surface area contributed by atoms with Crippen LogP contribution >= 0.6 is 0 Å². The summed E-state index contributed by atoms with van der Waals surface area (Å²) >= 11 is 0. The fourth-order valence-electron chi connectivity index (χ4n) is 5.07. The molecule has 0 radical (unpaired) electrons. The normalized spacial score (nSPS) is 16.4. The van der Waals surface area contributed by atoms with E-state index in [1.54, 1.807) is 41.7 Å². The topological polar surface area (TPSA) is 84.7 Å². The fourth-order valence-corrected chi connectivity index (χ4v) is 5.07. The molecule has 1 aliphatic heterocycles. The van der Waals surface area contributed by atoms with Gasteiger partial charge in [-0.25, -0.2) is 4.98 Å². The molecule has 4 aromatic rings. The van der Waals surface area contributed by atoms with E-state index >= 15 is 0 Å². The van der Waals surface area contributed by atoms with Crippen LogP contribution < -0.4 is 4.74 Å². The molecule has 1 fully saturated rings. The van der Waals surface area contributed by atoms with E-state index in [1.165, 1.54) is 5.56 Å². The Balaban J connectivity index is 1.41. The molecule has 7 heteroatoms. The lowest BCUT2D eigenvalue weighted by Gasteiger charge is -2.25. The molecular weight excluding hydrogens is 502 g/mol. The Hall–Kier alpha value is -4.65. The first kappa shape index (κ1) is 26.9. The molecule has 1 saturated heterocycles. The van der Waals surface area contributed by atoms with Crippen molar-refractivity contribution in [3.05, 3.63) is 125 Å². The minimum atomic E-state index is -0.676. The second kappa shape index (κ2) is 12.0. The average Bonchev–Trinajstić information content (AvgIpc) is 3.58. The number of benzene rings is 3. The zero-order chi connectivity index (χ0) is 28.1. The molecule has 0 saturated carbocycles. The smallest absolute Gasteiger partial charge is 0.295 e. The Labute approximate surface area is 234 Å². The summed E-state index contributed by atoms with van der Waals surface area (Å²) in [7, 11) is 0. The van der Waals surface area contributed by atoms with Crippen LogP contribution in [0.5, 0.6) is 5.75 Å². The van der Waals surface area contributed by atoms with Crippen molar-refractivity contribution in [2.75, 3.05) is 6.54 Å². The van der Waals surface area contributed by atoms with Crippen molar-refractivity contribution >= 4 is 17.4 Å². The van der Waals surface area contributed by atoms with Crippen LogP contribution in [0.15, 0.2) is 97.1 Å². The first-order valence-electron chi connectivity index (χ1n) is 13.6. The van der Waals surface area contributed by atoms with Gasteiger partial charge in [-0.1, -0.05) is 61.0 Å². The lowest BCUT2D eigenvalue weighted by Crippen LogP contribution is -2.31. The van der Waals surface area contributed by atoms with Crippen LogP contribution in [-0.4, -0.2) is 37.8 Å². The van der Waals surface area contributed by atoms with Gasteiger partial charge in [-0.2, -0.15) is 0 Å². The Bertz CT molecular complexity index is 1510. The quantitative estimate of drug-likeness (QED) is 0.157. The lowest BCUT2D eigenvalue weighted by atomic mass is 9.94. The van der Waals surface area contributed by atoms with Crippen LogP contribution in [0.3, 0.4) is 0 Å². The summed E-state index contributed by atoms with van der Waals surface area (Å²) in [5.74, 6) is -0.825. The van der Waals surface area contributed by atoms with Gasteiger partial charge < -0.3 is 19.3 Å². The molecule has 204 valence electrons. The number of carbonyl (C=O) groups is 2. The Morgan fingerprint density at radius 3 is 2.42 bits per heavy atom. The van der Waals surface area contributed by atoms with Gasteiger partial charge in [0, 0.05) is 31.0 Å². The third-order valence-electron chi connectivity index (χ3n) is 7.23. The van der Waals surface area contributed by atoms with E-state index in [2.05, 4.69) is 18.0 Å². The zero-order valence-electron chi connectivity index (χ0n) is 22.8. The number of nitrogens with zero attached hydrogens (tertiary/aromatic N) is 3. The van der Waals surface area contributed by atoms with Crippen LogP contribution in [0.1, 0.15) is 47.2 Å². The molecule has 1 N–H and O–H groups in total. The number of aromatic nitrogens is 2. The molecule has 40 heavy (non-hydrogen) atoms. The van der Waals surface area contributed by atoms with E-state index in [0.717, 1.165) is 23.1 Å². The third-order valence-corrected chi connectivity index (χ3v) is 7.23. The molecule has 1 atom stereocenters. The lowest BCUT2D eigenvalue weighted by molar-refractivity contribution is -0.139. The maximum absolute atomic E-state index is 13.3. The summed E-state index contributed by atoms with van der Waals surface area (Å²) in [6.07, 6.45) is 6.82. The summed E-state index contributed by atoms with van der Waals surface area (Å²) in [5.41, 5.74) is 4.73. The molecular formula is C33H33N3O4. The average molecular weight is 536 g/mol. The highest BCUT2D eigenvalue weighted by Gasteiger charge is 2.45. The SMILES string of the molecule is CCc1ccc(C2/C(=C(\O)c3ccc(OCc4cccc(C)c4)cc3)C(=O)C(=O)N2CCCn2ccnc2)cc1. The maximum atomic E-state index is 13.3. The van der Waals surface area contributed by atoms with Crippen molar-refractivity contribution < 1.29 is 19.4 Å². The predicted molar refractivity (Wildman–Crippen MR) is 154 cm³/mol. The number of ether oxygens (including phenoxy) is 1. The number of hydrogen-bond donors (Lipinski definition) is 1. The van der Waals surface area contributed by atoms with E-state index in [4.69, 9.17) is 4.74 Å². The summed E-state index contributed by atoms with van der Waals surface area (Å²) in [5, 5.41) is 11.4. The number of aliphatic hydroxyl groups is 1. The number of aryl methyl sites for hydroxylation is 3. The minimum absolute atomic E-state index is 0.102. The van der Waals surface area contributed by atoms with Crippen molar-refractivity contribution in [2.24, 2.45) is 0 Å². The molecule has 7 nitrogen and oxygen atoms in total. The molecule has 1 aliphatic rings. The number of imidazole rings is 1. The highest BCUT2D eigenvalue weighted by Crippen LogP contribution is 2.39. The van der Waals surface area contributed by atoms with Crippen LogP contribution in [0.25, 0.3) is 5.76 Å². The molecule has 3 aromatic carbocycles. The van der Waals surface area contributed by atoms with Gasteiger partial charge in [0.1, 0.15) is 18.1 Å². The van der Waals surface area contributed by atoms with Crippen LogP contribution in [0.2, 0.25) is 0 Å². The molecule has 2 heterocycles. The molecule has 0 aliphatic carbocycles. The van der Waals surface area contributed by atoms with Gasteiger partial charge in [-0.05, 0) is 60.7 Å². The number of Topliss-reactive ketones (excluding diaryl/α,β-unsaturated/α-hetero) is 1. The van der Waals surface area contributed by atoms with Gasteiger partial charge in [0.15, 0.2) is 0 Å². The van der Waals surface area contributed by atoms with Crippen molar-refractivity contribution in [3.63, 3.8) is 0 Å². The van der Waals surface area contributed by atoms with Crippen LogP contribution in [0, 0.1) is 6.92 Å². The van der Waals surface area contributed by atoms with Crippen molar-refractivity contribution in [1.82, 2.24) is 14.5 Å². The molecule has 0 bridgehead atoms. The van der Waals surface area contributed by atoms with E-state index in [9.17, 15) is 14.7 Å². The minimum Gasteiger partial charge on any atom is -0.507 e. The number of rotatable bonds is 10. The van der Waals surface area contributed by atoms with Crippen LogP contribution in [0.4, 0.5) is 0 Å². The number of hydrogen-bond acceptors (Lipinski definition) is 5. The number of likely N-dealkylation sites (tertiary alicyclic amines) is 1. The molecule has 5 rings (SSSR count). The van der Waals surface area contributed by atoms with E-state index in [1.807, 2.05) is 60.2 Å². The van der Waals surface area contributed by atoms with Crippen molar-refractivity contribution in [2.45, 2.75) is 45.9 Å². The van der Waals surface area contributed by atoms with Gasteiger partial charge in [0.2, 0.25) is 0 Å². The highest BCUT2D eigenvalue weighted by molar-refractivity contribution is 6.46. The maximum Gasteiger partial charge on any atom is 0.295 e. The molecule has 0 spiro atoms. The predicted octanol–water partition coefficient (Wildman–Crippen LogP) is 5.84. The second-order valence-electron chi connectivity index (χ2n) is 10.0. The number of aliphatic hydroxyl groups excluding tert-OH is 1. The standard InChI is InChI=1S/C33H33N3O4/c1-3-24-8-10-26(11-9-24)30-29(32(38)33(39)36(30)18-5-17-35-19-16-34-22-35)31(37)27-12-14-28(15-13-27)40-21-25-7-4-6-23(2)20-25/h4,6-16,19-20,22,30,37H,3,5,17-18,21H2,1-2H3/b31-29+. The number of ketones is 1. The zero-order valence-corrected chi connectivity index (χ0v) is 22.8. The van der Waals surface area contributed by atoms with Crippen molar-refractivity contribution in [1.29, 1.82) is 0 Å². The molecule has 1 amide bonds. The number of carbonyl (C=O) groups excluding carboxylic acids is 2. The van der Waals surface area contributed by atoms with Gasteiger partial charge in [0.25, 0.3) is 11.7 Å². The van der Waals surface area contributed by atoms with Gasteiger partial charge in [-0.15, -0.1) is 0 Å². The largest absolute Gasteiger partial charge is 0.507 e. The summed E-state index contributed by atoms with van der Waals surface area (Å²) < 4.78 is 7.85. The fraction of sp³-hybridized carbons (Fsp3) is 0.242. The van der Waals surface area contributed by atoms with Crippen molar-refractivity contribution in [3.8, 4) is 5.75 Å². The highest BCUT2D eigenvalue weighted by atomic mass is 16.5. The Kier molecular flexibility index (Phi) is 8.10. The first-order chi connectivity index (χ1) is 19.4. The molecule has 1 unspecified atom stereocenters. The molecule has 1 aromatic heterocycles. The Morgan fingerprint density at radius 2 is 1.75 bits per heavy atom. The van der Waals surface area contributed by atoms with Crippen LogP contribution in [-0.2, 0) is 29.2 Å². The van der Waals surface area contributed by atoms with E-state index < -0.39 is 17.7 Å². The summed E-state index contributed by atoms with van der Waals surface area (Å²) in [6, 6.07) is 22.3. The third kappa shape index (κ3) is 5.83. The first-order valence-corrected chi connectivity index (χ1v) is 13.6. The summed E-state index contributed by atoms with van der Waals surface area (Å²) in [4.78, 5) is 32.2. The Morgan fingerprint density at radius 1 is 0.975 bits per heavy atom. The monoisotopic (exact) mass is 535 g/mol. The number of amides is 1. The van der Waals surface area contributed by atoms with E-state index in [0.29, 0.717) is 37.4 Å². The summed E-state index contributed by atoms with van der Waals surface area (Å²) in [6.45, 7) is 5.56.